The number of fused-ring (bicyclic) bond motifs is 1. The first-order valence-corrected chi connectivity index (χ1v) is 10.3. The summed E-state index contributed by atoms with van der Waals surface area (Å²) < 4.78 is 0. The second-order valence-corrected chi connectivity index (χ2v) is 7.85. The van der Waals surface area contributed by atoms with Gasteiger partial charge in [-0.3, -0.25) is 4.79 Å². The molecule has 0 spiro atoms. The van der Waals surface area contributed by atoms with Crippen molar-refractivity contribution in [1.82, 2.24) is 15.3 Å². The Morgan fingerprint density at radius 2 is 2.03 bits per heavy atom. The van der Waals surface area contributed by atoms with Crippen molar-refractivity contribution >= 4 is 28.8 Å². The largest absolute Gasteiger partial charge is 0.508 e. The minimum atomic E-state index is -0.127. The number of anilines is 2. The molecular formula is C22H27N5O2. The number of hydrogen-bond acceptors (Lipinski definition) is 6. The molecule has 1 saturated carbocycles. The Morgan fingerprint density at radius 1 is 1.24 bits per heavy atom. The van der Waals surface area contributed by atoms with Crippen LogP contribution in [0, 0.1) is 6.92 Å². The molecule has 2 heterocycles. The fourth-order valence-electron chi connectivity index (χ4n) is 4.15. The molecule has 1 fully saturated rings. The van der Waals surface area contributed by atoms with Gasteiger partial charge in [-0.2, -0.15) is 0 Å². The van der Waals surface area contributed by atoms with E-state index < -0.39 is 0 Å². The molecule has 0 unspecified atom stereocenters. The van der Waals surface area contributed by atoms with Crippen LogP contribution in [-0.4, -0.2) is 39.3 Å². The Balaban J connectivity index is 1.62. The molecule has 2 aliphatic rings. The summed E-state index contributed by atoms with van der Waals surface area (Å²) in [6.07, 6.45) is 8.00. The Kier molecular flexibility index (Phi) is 5.47. The van der Waals surface area contributed by atoms with E-state index in [1.165, 1.54) is 25.6 Å². The van der Waals surface area contributed by atoms with Crippen LogP contribution in [-0.2, 0) is 11.2 Å². The molecule has 1 aliphatic carbocycles. The van der Waals surface area contributed by atoms with Gasteiger partial charge < -0.3 is 15.3 Å². The van der Waals surface area contributed by atoms with Crippen molar-refractivity contribution in [1.29, 1.82) is 0 Å². The van der Waals surface area contributed by atoms with E-state index in [0.29, 0.717) is 17.2 Å². The molecule has 2 N–H and O–H groups in total. The topological polar surface area (TPSA) is 90.7 Å². The summed E-state index contributed by atoms with van der Waals surface area (Å²) in [5.74, 6) is 0.822. The number of benzene rings is 1. The summed E-state index contributed by atoms with van der Waals surface area (Å²) >= 11 is 0. The number of nitrogens with zero attached hydrogens (tertiary/aromatic N) is 4. The number of hydrogen-bond donors (Lipinski definition) is 2. The molecule has 0 bridgehead atoms. The van der Waals surface area contributed by atoms with Gasteiger partial charge in [-0.05, 0) is 56.9 Å². The lowest BCUT2D eigenvalue weighted by Gasteiger charge is -2.23. The zero-order chi connectivity index (χ0) is 20.4. The van der Waals surface area contributed by atoms with E-state index in [1.54, 1.807) is 19.1 Å². The lowest BCUT2D eigenvalue weighted by Crippen LogP contribution is -2.39. The first-order valence-electron chi connectivity index (χ1n) is 10.3. The van der Waals surface area contributed by atoms with Gasteiger partial charge in [0.2, 0.25) is 0 Å². The molecule has 152 valence electrons. The Hall–Kier alpha value is -2.96. The number of rotatable bonds is 4. The van der Waals surface area contributed by atoms with Crippen LogP contribution in [0.4, 0.5) is 17.2 Å². The Morgan fingerprint density at radius 3 is 2.83 bits per heavy atom. The van der Waals surface area contributed by atoms with Gasteiger partial charge in [0.25, 0.3) is 5.91 Å². The fourth-order valence-corrected chi connectivity index (χ4v) is 4.15. The molecule has 7 nitrogen and oxygen atoms in total. The molecule has 0 saturated heterocycles. The molecule has 1 amide bonds. The summed E-state index contributed by atoms with van der Waals surface area (Å²) in [5, 5.41) is 12.9. The zero-order valence-corrected chi connectivity index (χ0v) is 17.0. The molecule has 0 radical (unpaired) electrons. The van der Waals surface area contributed by atoms with Gasteiger partial charge in [0, 0.05) is 18.3 Å². The highest BCUT2D eigenvalue weighted by molar-refractivity contribution is 6.38. The van der Waals surface area contributed by atoms with Crippen molar-refractivity contribution in [2.24, 2.45) is 4.99 Å². The van der Waals surface area contributed by atoms with Gasteiger partial charge in [-0.15, -0.1) is 0 Å². The SMILES string of the molecule is C/C(=N\c1c(C)ncnc1N1CCc2cc(O)ccc21)C(=O)NC1CCCCC1. The number of carbonyl (C=O) groups excluding carboxylic acids is 1. The van der Waals surface area contributed by atoms with Crippen molar-refractivity contribution in [3.8, 4) is 5.75 Å². The number of phenols is 1. The van der Waals surface area contributed by atoms with E-state index in [0.717, 1.165) is 42.8 Å². The summed E-state index contributed by atoms with van der Waals surface area (Å²) in [7, 11) is 0. The molecule has 1 aromatic heterocycles. The van der Waals surface area contributed by atoms with E-state index >= 15 is 0 Å². The summed E-state index contributed by atoms with van der Waals surface area (Å²) in [5.41, 5.74) is 3.83. The molecule has 2 aromatic rings. The van der Waals surface area contributed by atoms with Gasteiger partial charge in [0.15, 0.2) is 5.82 Å². The van der Waals surface area contributed by atoms with Crippen molar-refractivity contribution in [2.75, 3.05) is 11.4 Å². The maximum atomic E-state index is 12.7. The summed E-state index contributed by atoms with van der Waals surface area (Å²) in [6.45, 7) is 4.36. The fraction of sp³-hybridized carbons (Fsp3) is 0.455. The van der Waals surface area contributed by atoms with Crippen molar-refractivity contribution < 1.29 is 9.90 Å². The van der Waals surface area contributed by atoms with Crippen molar-refractivity contribution in [2.45, 2.75) is 58.4 Å². The van der Waals surface area contributed by atoms with E-state index in [2.05, 4.69) is 25.2 Å². The number of aromatic hydroxyl groups is 1. The molecule has 1 aromatic carbocycles. The summed E-state index contributed by atoms with van der Waals surface area (Å²) in [4.78, 5) is 28.2. The standard InChI is InChI=1S/C22H27N5O2/c1-14-20(25-15(2)22(29)26-17-6-4-3-5-7-17)21(24-13-23-14)27-11-10-16-12-18(28)8-9-19(16)27/h8-9,12-13,17,28H,3-7,10-11H2,1-2H3,(H,26,29)/b25-15+. The predicted octanol–water partition coefficient (Wildman–Crippen LogP) is 3.73. The lowest BCUT2D eigenvalue weighted by molar-refractivity contribution is -0.115. The quantitative estimate of drug-likeness (QED) is 0.773. The molecule has 4 rings (SSSR count). The van der Waals surface area contributed by atoms with E-state index in [4.69, 9.17) is 0 Å². The minimum absolute atomic E-state index is 0.127. The van der Waals surface area contributed by atoms with Crippen LogP contribution >= 0.6 is 0 Å². The minimum Gasteiger partial charge on any atom is -0.508 e. The highest BCUT2D eigenvalue weighted by Crippen LogP contribution is 2.40. The number of phenolic OH excluding ortho intramolecular Hbond substituents is 1. The monoisotopic (exact) mass is 393 g/mol. The van der Waals surface area contributed by atoms with Gasteiger partial charge in [-0.1, -0.05) is 19.3 Å². The second-order valence-electron chi connectivity index (χ2n) is 7.85. The maximum absolute atomic E-state index is 12.7. The first kappa shape index (κ1) is 19.4. The third-order valence-corrected chi connectivity index (χ3v) is 5.75. The second kappa shape index (κ2) is 8.19. The van der Waals surface area contributed by atoms with Crippen LogP contribution in [0.5, 0.6) is 5.75 Å². The average molecular weight is 393 g/mol. The van der Waals surface area contributed by atoms with Crippen LogP contribution in [0.15, 0.2) is 29.5 Å². The highest BCUT2D eigenvalue weighted by atomic mass is 16.3. The van der Waals surface area contributed by atoms with Crippen molar-refractivity contribution in [3.05, 3.63) is 35.8 Å². The van der Waals surface area contributed by atoms with Gasteiger partial charge >= 0.3 is 0 Å². The van der Waals surface area contributed by atoms with Gasteiger partial charge in [-0.25, -0.2) is 15.0 Å². The molecule has 1 aliphatic heterocycles. The van der Waals surface area contributed by atoms with Crippen LogP contribution in [0.3, 0.4) is 0 Å². The number of aromatic nitrogens is 2. The number of aryl methyl sites for hydroxylation is 1. The lowest BCUT2D eigenvalue weighted by atomic mass is 9.95. The number of carbonyl (C=O) groups is 1. The Labute approximate surface area is 170 Å². The van der Waals surface area contributed by atoms with Crippen LogP contribution in [0.1, 0.15) is 50.3 Å². The van der Waals surface area contributed by atoms with Crippen LogP contribution < -0.4 is 10.2 Å². The normalized spacial score (nSPS) is 17.3. The van der Waals surface area contributed by atoms with E-state index in [9.17, 15) is 9.90 Å². The predicted molar refractivity (Wildman–Crippen MR) is 113 cm³/mol. The van der Waals surface area contributed by atoms with Crippen LogP contribution in [0.2, 0.25) is 0 Å². The highest BCUT2D eigenvalue weighted by Gasteiger charge is 2.25. The molecular weight excluding hydrogens is 366 g/mol. The van der Waals surface area contributed by atoms with Gasteiger partial charge in [0.1, 0.15) is 23.5 Å². The van der Waals surface area contributed by atoms with E-state index in [-0.39, 0.29) is 17.7 Å². The molecule has 7 heteroatoms. The van der Waals surface area contributed by atoms with Gasteiger partial charge in [0.05, 0.1) is 5.69 Å². The third kappa shape index (κ3) is 4.09. The number of aliphatic imine (C=N–C) groups is 1. The average Bonchev–Trinajstić information content (AvgIpc) is 3.13. The first-order chi connectivity index (χ1) is 14.0. The Bertz CT molecular complexity index is 950. The third-order valence-electron chi connectivity index (χ3n) is 5.75. The summed E-state index contributed by atoms with van der Waals surface area (Å²) in [6, 6.07) is 5.60. The smallest absolute Gasteiger partial charge is 0.265 e. The maximum Gasteiger partial charge on any atom is 0.265 e. The molecule has 29 heavy (non-hydrogen) atoms. The van der Waals surface area contributed by atoms with Crippen molar-refractivity contribution in [3.63, 3.8) is 0 Å². The number of nitrogens with one attached hydrogen (secondary N) is 1. The van der Waals surface area contributed by atoms with E-state index in [1.807, 2.05) is 13.0 Å². The van der Waals surface area contributed by atoms with Crippen LogP contribution in [0.25, 0.3) is 0 Å². The number of amides is 1. The zero-order valence-electron chi connectivity index (χ0n) is 17.0. The molecule has 0 atom stereocenters.